The molecule has 1 aliphatic rings. The first-order chi connectivity index (χ1) is 23.1. The molecule has 0 N–H and O–H groups in total. The first-order valence-electron chi connectivity index (χ1n) is 16.0. The molecule has 0 aliphatic carbocycles. The Balaban J connectivity index is 0.00000364. The van der Waals surface area contributed by atoms with Crippen LogP contribution in [0.2, 0.25) is 0 Å². The molecular weight excluding hydrogens is 677 g/mol. The summed E-state index contributed by atoms with van der Waals surface area (Å²) in [4.78, 5) is 12.0. The molecule has 0 fully saturated rings. The van der Waals surface area contributed by atoms with Gasteiger partial charge in [-0.3, -0.25) is 4.98 Å². The Hall–Kier alpha value is -5.14. The molecule has 3 nitrogen and oxygen atoms in total. The van der Waals surface area contributed by atoms with Crippen LogP contribution in [0.3, 0.4) is 0 Å². The molecular formula is C44H33N3Pd. The van der Waals surface area contributed by atoms with Gasteiger partial charge in [-0.25, -0.2) is 0 Å². The monoisotopic (exact) mass is 709 g/mol. The van der Waals surface area contributed by atoms with Crippen molar-refractivity contribution in [1.29, 1.82) is 0 Å². The van der Waals surface area contributed by atoms with Gasteiger partial charge in [0.25, 0.3) is 0 Å². The fourth-order valence-electron chi connectivity index (χ4n) is 7.23. The van der Waals surface area contributed by atoms with Gasteiger partial charge in [-0.15, -0.1) is 35.4 Å². The summed E-state index contributed by atoms with van der Waals surface area (Å²) in [5, 5.41) is 0. The number of anilines is 3. The van der Waals surface area contributed by atoms with E-state index in [2.05, 4.69) is 163 Å². The van der Waals surface area contributed by atoms with Crippen LogP contribution in [0.4, 0.5) is 17.1 Å². The molecule has 0 unspecified atom stereocenters. The van der Waals surface area contributed by atoms with E-state index in [0.717, 1.165) is 50.7 Å². The van der Waals surface area contributed by atoms with Crippen molar-refractivity contribution in [3.63, 3.8) is 0 Å². The molecule has 0 radical (unpaired) electrons. The predicted octanol–water partition coefficient (Wildman–Crippen LogP) is 10.2. The van der Waals surface area contributed by atoms with Crippen molar-refractivity contribution in [2.75, 3.05) is 4.90 Å². The summed E-state index contributed by atoms with van der Waals surface area (Å²) >= 11 is 0. The predicted molar refractivity (Wildman–Crippen MR) is 190 cm³/mol. The van der Waals surface area contributed by atoms with Gasteiger partial charge in [0.05, 0.1) is 11.1 Å². The van der Waals surface area contributed by atoms with Crippen molar-refractivity contribution >= 4 is 17.1 Å². The Morgan fingerprint density at radius 1 is 0.562 bits per heavy atom. The molecule has 5 aromatic carbocycles. The molecule has 0 saturated heterocycles. The van der Waals surface area contributed by atoms with E-state index in [1.807, 2.05) is 36.7 Å². The van der Waals surface area contributed by atoms with Crippen LogP contribution in [-0.2, 0) is 31.3 Å². The molecule has 4 heteroatoms. The summed E-state index contributed by atoms with van der Waals surface area (Å²) in [5.74, 6) is 0. The summed E-state index contributed by atoms with van der Waals surface area (Å²) in [5.41, 5.74) is 10.6. The fourth-order valence-corrected chi connectivity index (χ4v) is 7.23. The first kappa shape index (κ1) is 31.5. The molecule has 0 saturated carbocycles. The molecule has 7 aromatic rings. The van der Waals surface area contributed by atoms with Crippen LogP contribution in [-0.4, -0.2) is 9.97 Å². The van der Waals surface area contributed by atoms with Crippen molar-refractivity contribution in [1.82, 2.24) is 9.97 Å². The average molecular weight is 710 g/mol. The molecule has 0 atom stereocenters. The van der Waals surface area contributed by atoms with Gasteiger partial charge in [0, 0.05) is 18.1 Å². The first-order valence-corrected chi connectivity index (χ1v) is 16.0. The van der Waals surface area contributed by atoms with Crippen LogP contribution in [0.1, 0.15) is 47.4 Å². The second-order valence-electron chi connectivity index (χ2n) is 12.5. The number of hydrogen-bond donors (Lipinski definition) is 0. The van der Waals surface area contributed by atoms with Crippen LogP contribution in [0.5, 0.6) is 0 Å². The zero-order chi connectivity index (χ0) is 31.8. The van der Waals surface area contributed by atoms with Gasteiger partial charge < -0.3 is 9.88 Å². The van der Waals surface area contributed by atoms with Crippen LogP contribution in [0.25, 0.3) is 11.3 Å². The van der Waals surface area contributed by atoms with Crippen molar-refractivity contribution in [3.8, 4) is 11.3 Å². The Morgan fingerprint density at radius 3 is 1.88 bits per heavy atom. The van der Waals surface area contributed by atoms with Gasteiger partial charge in [0.15, 0.2) is 0 Å². The number of para-hydroxylation sites is 1. The summed E-state index contributed by atoms with van der Waals surface area (Å²) < 4.78 is 0. The van der Waals surface area contributed by atoms with Crippen LogP contribution in [0.15, 0.2) is 164 Å². The Kier molecular flexibility index (Phi) is 8.40. The smallest absolute Gasteiger partial charge is 0.352 e. The molecule has 2 aromatic heterocycles. The normalized spacial score (nSPS) is 13.2. The number of rotatable bonds is 6. The van der Waals surface area contributed by atoms with E-state index in [0.29, 0.717) is 0 Å². The largest absolute Gasteiger partial charge is 2.00 e. The molecule has 0 bridgehead atoms. The minimum Gasteiger partial charge on any atom is -0.352 e. The van der Waals surface area contributed by atoms with E-state index in [9.17, 15) is 0 Å². The van der Waals surface area contributed by atoms with Gasteiger partial charge in [-0.1, -0.05) is 122 Å². The van der Waals surface area contributed by atoms with Crippen LogP contribution < -0.4 is 4.90 Å². The molecule has 0 spiro atoms. The zero-order valence-corrected chi connectivity index (χ0v) is 28.3. The van der Waals surface area contributed by atoms with Gasteiger partial charge in [-0.2, -0.15) is 18.2 Å². The van der Waals surface area contributed by atoms with E-state index in [-0.39, 0.29) is 25.8 Å². The summed E-state index contributed by atoms with van der Waals surface area (Å²) in [6, 6.07) is 60.9. The number of pyridine rings is 2. The maximum Gasteiger partial charge on any atom is 2.00 e. The minimum absolute atomic E-state index is 0. The second-order valence-corrected chi connectivity index (χ2v) is 12.5. The summed E-state index contributed by atoms with van der Waals surface area (Å²) in [6.45, 7) is 4.60. The SMILES string of the molecule is CC1(C)c2ccc(-c3ccccn3)[c-]c2N(c2[c-]c(C(c3ccccc3)(c3ccccc3)c3ccccn3)ccc2)c2ccccc21.[Pd+2]. The second kappa shape index (κ2) is 12.8. The van der Waals surface area contributed by atoms with Gasteiger partial charge in [0.1, 0.15) is 0 Å². The summed E-state index contributed by atoms with van der Waals surface area (Å²) in [6.07, 6.45) is 3.72. The van der Waals surface area contributed by atoms with E-state index in [1.54, 1.807) is 0 Å². The van der Waals surface area contributed by atoms with E-state index >= 15 is 0 Å². The van der Waals surface area contributed by atoms with Crippen LogP contribution >= 0.6 is 0 Å². The summed E-state index contributed by atoms with van der Waals surface area (Å²) in [7, 11) is 0. The molecule has 1 aliphatic heterocycles. The molecule has 3 heterocycles. The van der Waals surface area contributed by atoms with Crippen molar-refractivity contribution in [2.45, 2.75) is 24.7 Å². The number of benzene rings is 5. The topological polar surface area (TPSA) is 29.0 Å². The number of aromatic nitrogens is 2. The van der Waals surface area contributed by atoms with E-state index in [1.165, 1.54) is 11.1 Å². The third kappa shape index (κ3) is 5.10. The molecule has 48 heavy (non-hydrogen) atoms. The third-order valence-corrected chi connectivity index (χ3v) is 9.47. The van der Waals surface area contributed by atoms with Gasteiger partial charge in [0.2, 0.25) is 0 Å². The number of nitrogens with zero attached hydrogens (tertiary/aromatic N) is 3. The molecule has 8 rings (SSSR count). The number of hydrogen-bond acceptors (Lipinski definition) is 3. The average Bonchev–Trinajstić information content (AvgIpc) is 3.14. The maximum atomic E-state index is 5.01. The number of fused-ring (bicyclic) bond motifs is 2. The molecule has 234 valence electrons. The Bertz CT molecular complexity index is 2070. The van der Waals surface area contributed by atoms with Gasteiger partial charge in [-0.05, 0) is 57.8 Å². The van der Waals surface area contributed by atoms with Crippen molar-refractivity contribution < 1.29 is 20.4 Å². The maximum absolute atomic E-state index is 5.01. The minimum atomic E-state index is -0.712. The quantitative estimate of drug-likeness (QED) is 0.0978. The molecule has 0 amide bonds. The van der Waals surface area contributed by atoms with E-state index in [4.69, 9.17) is 4.98 Å². The Labute approximate surface area is 296 Å². The van der Waals surface area contributed by atoms with Crippen LogP contribution in [0, 0.1) is 12.1 Å². The Morgan fingerprint density at radius 2 is 1.21 bits per heavy atom. The van der Waals surface area contributed by atoms with Crippen molar-refractivity contribution in [2.24, 2.45) is 0 Å². The third-order valence-electron chi connectivity index (χ3n) is 9.47. The standard InChI is InChI=1S/C44H33N3.Pd/c1-43(2)37-22-9-10-24-40(37)47(41-30-32(26-27-38(41)43)39-23-11-13-28-45-39)36-21-15-20-35(31-36)44(33-16-5-3-6-17-33,34-18-7-4-8-19-34)42-25-12-14-29-46-42;/h3-29H,1-2H3;/q-2;+2. The van der Waals surface area contributed by atoms with E-state index < -0.39 is 5.41 Å². The van der Waals surface area contributed by atoms with Gasteiger partial charge >= 0.3 is 20.4 Å². The fraction of sp³-hybridized carbons (Fsp3) is 0.0909. The van der Waals surface area contributed by atoms with Crippen molar-refractivity contribution in [3.05, 3.63) is 210 Å². The zero-order valence-electron chi connectivity index (χ0n) is 26.7.